The molecule has 1 aliphatic heterocycles. The fourth-order valence-corrected chi connectivity index (χ4v) is 8.24. The van der Waals surface area contributed by atoms with Gasteiger partial charge in [0.05, 0.1) is 6.61 Å². The van der Waals surface area contributed by atoms with Gasteiger partial charge in [-0.25, -0.2) is 0 Å². The van der Waals surface area contributed by atoms with Gasteiger partial charge in [0.1, 0.15) is 24.9 Å². The van der Waals surface area contributed by atoms with Gasteiger partial charge in [-0.3, -0.25) is 24.1 Å². The Bertz CT molecular complexity index is 1060. The largest absolute Gasteiger partial charge is 0.466 e. The highest BCUT2D eigenvalue weighted by Crippen LogP contribution is 2.24. The third-order valence-corrected chi connectivity index (χ3v) is 12.1. The average Bonchev–Trinajstić information content (AvgIpc) is 3.63. The summed E-state index contributed by atoms with van der Waals surface area (Å²) >= 11 is 0. The van der Waals surface area contributed by atoms with E-state index in [2.05, 4.69) is 25.7 Å². The van der Waals surface area contributed by atoms with Gasteiger partial charge >= 0.3 is 23.9 Å². The number of rotatable bonds is 43. The SMILES string of the molecule is CCCCCCCCCCCOC(=O)CCCCCN1CC(OC(=O)CCCCCCC(=O)OC(CCCCCCCC)CCCCCCCC)C[C@H]1C(=O)OCCN(C)C. The lowest BCUT2D eigenvalue weighted by Crippen LogP contribution is -2.38. The second-order valence-corrected chi connectivity index (χ2v) is 18.3. The summed E-state index contributed by atoms with van der Waals surface area (Å²) in [6, 6.07) is -0.447. The Morgan fingerprint density at radius 3 is 1.52 bits per heavy atom. The van der Waals surface area contributed by atoms with Gasteiger partial charge in [-0.2, -0.15) is 0 Å². The lowest BCUT2D eigenvalue weighted by Gasteiger charge is -2.22. The van der Waals surface area contributed by atoms with Crippen molar-refractivity contribution in [2.75, 3.05) is 46.9 Å². The van der Waals surface area contributed by atoms with Crippen LogP contribution in [0.4, 0.5) is 0 Å². The quantitative estimate of drug-likeness (QED) is 0.0334. The molecule has 10 nitrogen and oxygen atoms in total. The van der Waals surface area contributed by atoms with Crippen molar-refractivity contribution in [3.05, 3.63) is 0 Å². The molecule has 1 unspecified atom stereocenters. The minimum absolute atomic E-state index is 0.0420. The van der Waals surface area contributed by atoms with E-state index in [0.29, 0.717) is 65.0 Å². The topological polar surface area (TPSA) is 112 Å². The van der Waals surface area contributed by atoms with Crippen LogP contribution in [0.25, 0.3) is 0 Å². The average molecular weight is 865 g/mol. The van der Waals surface area contributed by atoms with E-state index in [0.717, 1.165) is 77.0 Å². The molecule has 2 atom stereocenters. The molecular weight excluding hydrogens is 769 g/mol. The highest BCUT2D eigenvalue weighted by Gasteiger charge is 2.39. The first-order valence-electron chi connectivity index (χ1n) is 25.8. The van der Waals surface area contributed by atoms with Crippen LogP contribution in [0.15, 0.2) is 0 Å². The van der Waals surface area contributed by atoms with Gasteiger partial charge in [-0.1, -0.05) is 156 Å². The van der Waals surface area contributed by atoms with Crippen molar-refractivity contribution in [1.82, 2.24) is 9.80 Å². The highest BCUT2D eigenvalue weighted by atomic mass is 16.6. The molecule has 1 rings (SSSR count). The molecule has 10 heteroatoms. The van der Waals surface area contributed by atoms with E-state index in [1.54, 1.807) is 0 Å². The second kappa shape index (κ2) is 40.6. The maximum Gasteiger partial charge on any atom is 0.323 e. The van der Waals surface area contributed by atoms with Crippen LogP contribution in [0.2, 0.25) is 0 Å². The molecule has 0 aromatic heterocycles. The second-order valence-electron chi connectivity index (χ2n) is 18.3. The third kappa shape index (κ3) is 34.0. The maximum atomic E-state index is 13.1. The molecule has 0 bridgehead atoms. The predicted octanol–water partition coefficient (Wildman–Crippen LogP) is 12.5. The van der Waals surface area contributed by atoms with Crippen molar-refractivity contribution in [2.45, 2.75) is 257 Å². The number of carbonyl (C=O) groups is 4. The van der Waals surface area contributed by atoms with Crippen LogP contribution < -0.4 is 0 Å². The van der Waals surface area contributed by atoms with Crippen LogP contribution in [0.3, 0.4) is 0 Å². The van der Waals surface area contributed by atoms with Gasteiger partial charge in [0.25, 0.3) is 0 Å². The van der Waals surface area contributed by atoms with E-state index >= 15 is 0 Å². The van der Waals surface area contributed by atoms with Crippen LogP contribution in [-0.2, 0) is 38.1 Å². The molecule has 1 heterocycles. The summed E-state index contributed by atoms with van der Waals surface area (Å²) < 4.78 is 23.0. The van der Waals surface area contributed by atoms with Gasteiger partial charge in [0.2, 0.25) is 0 Å². The maximum absolute atomic E-state index is 13.1. The van der Waals surface area contributed by atoms with E-state index in [1.165, 1.54) is 109 Å². The number of esters is 4. The zero-order valence-electron chi connectivity index (χ0n) is 40.5. The molecule has 0 spiro atoms. The van der Waals surface area contributed by atoms with Crippen LogP contribution in [0.5, 0.6) is 0 Å². The summed E-state index contributed by atoms with van der Waals surface area (Å²) in [6.07, 6.45) is 35.0. The van der Waals surface area contributed by atoms with Gasteiger partial charge in [-0.05, 0) is 78.4 Å². The van der Waals surface area contributed by atoms with Gasteiger partial charge in [-0.15, -0.1) is 0 Å². The standard InChI is InChI=1S/C51H96N2O8/c1-6-9-12-15-18-19-20-25-33-41-58-48(54)36-31-26-32-39-53-44-46(43-47(53)51(57)59-42-40-52(4)5)61-50(56)38-30-24-23-29-37-49(55)60-45(34-27-21-16-13-10-7-2)35-28-22-17-14-11-8-3/h45-47H,6-44H2,1-5H3/t46?,47-/m0/s1. The van der Waals surface area contributed by atoms with E-state index in [1.807, 2.05) is 19.0 Å². The molecule has 0 aromatic rings. The fourth-order valence-electron chi connectivity index (χ4n) is 8.24. The Kier molecular flexibility index (Phi) is 37.8. The van der Waals surface area contributed by atoms with Crippen LogP contribution >= 0.6 is 0 Å². The van der Waals surface area contributed by atoms with E-state index in [9.17, 15) is 19.2 Å². The minimum atomic E-state index is -0.447. The zero-order valence-corrected chi connectivity index (χ0v) is 40.5. The monoisotopic (exact) mass is 865 g/mol. The fraction of sp³-hybridized carbons (Fsp3) is 0.922. The van der Waals surface area contributed by atoms with Crippen LogP contribution in [-0.4, -0.2) is 98.9 Å². The Balaban J connectivity index is 2.37. The Morgan fingerprint density at radius 1 is 0.525 bits per heavy atom. The lowest BCUT2D eigenvalue weighted by atomic mass is 10.0. The van der Waals surface area contributed by atoms with Crippen molar-refractivity contribution in [3.8, 4) is 0 Å². The number of unbranched alkanes of at least 4 members (excludes halogenated alkanes) is 23. The number of likely N-dealkylation sites (tertiary alicyclic amines) is 1. The number of carbonyl (C=O) groups excluding carboxylic acids is 4. The van der Waals surface area contributed by atoms with E-state index < -0.39 is 6.04 Å². The molecule has 0 saturated carbocycles. The molecule has 1 aliphatic rings. The van der Waals surface area contributed by atoms with E-state index in [4.69, 9.17) is 18.9 Å². The normalized spacial score (nSPS) is 15.5. The summed E-state index contributed by atoms with van der Waals surface area (Å²) in [5.41, 5.74) is 0. The minimum Gasteiger partial charge on any atom is -0.466 e. The summed E-state index contributed by atoms with van der Waals surface area (Å²) in [4.78, 5) is 55.1. The summed E-state index contributed by atoms with van der Waals surface area (Å²) in [5.74, 6) is -0.711. The molecule has 0 aromatic carbocycles. The molecule has 0 N–H and O–H groups in total. The Labute approximate surface area is 375 Å². The molecule has 0 amide bonds. The van der Waals surface area contributed by atoms with Crippen molar-refractivity contribution >= 4 is 23.9 Å². The highest BCUT2D eigenvalue weighted by molar-refractivity contribution is 5.76. The van der Waals surface area contributed by atoms with Crippen molar-refractivity contribution in [1.29, 1.82) is 0 Å². The third-order valence-electron chi connectivity index (χ3n) is 12.1. The Morgan fingerprint density at radius 2 is 0.984 bits per heavy atom. The van der Waals surface area contributed by atoms with Crippen molar-refractivity contribution in [3.63, 3.8) is 0 Å². The molecule has 1 fully saturated rings. The molecule has 358 valence electrons. The van der Waals surface area contributed by atoms with Crippen LogP contribution in [0, 0.1) is 0 Å². The molecular formula is C51H96N2O8. The zero-order chi connectivity index (χ0) is 44.6. The van der Waals surface area contributed by atoms with Crippen molar-refractivity contribution < 1.29 is 38.1 Å². The molecule has 1 saturated heterocycles. The van der Waals surface area contributed by atoms with Crippen molar-refractivity contribution in [2.24, 2.45) is 0 Å². The van der Waals surface area contributed by atoms with E-state index in [-0.39, 0.29) is 36.1 Å². The predicted molar refractivity (Wildman–Crippen MR) is 250 cm³/mol. The molecule has 0 radical (unpaired) electrons. The number of hydrogen-bond donors (Lipinski definition) is 0. The van der Waals surface area contributed by atoms with Gasteiger partial charge in [0.15, 0.2) is 0 Å². The van der Waals surface area contributed by atoms with Gasteiger partial charge < -0.3 is 23.8 Å². The number of hydrogen-bond acceptors (Lipinski definition) is 10. The molecule has 61 heavy (non-hydrogen) atoms. The van der Waals surface area contributed by atoms with Crippen LogP contribution in [0.1, 0.15) is 239 Å². The molecule has 0 aliphatic carbocycles. The smallest absolute Gasteiger partial charge is 0.323 e. The lowest BCUT2D eigenvalue weighted by molar-refractivity contribution is -0.151. The first kappa shape index (κ1) is 56.8. The first-order chi connectivity index (χ1) is 29.7. The summed E-state index contributed by atoms with van der Waals surface area (Å²) in [6.45, 7) is 9.38. The van der Waals surface area contributed by atoms with Gasteiger partial charge in [0, 0.05) is 38.8 Å². The summed E-state index contributed by atoms with van der Waals surface area (Å²) in [7, 11) is 3.88. The number of likely N-dealkylation sites (N-methyl/N-ethyl adjacent to an activating group) is 1. The number of nitrogens with zero attached hydrogens (tertiary/aromatic N) is 2. The Hall–Kier alpha value is -2.20. The summed E-state index contributed by atoms with van der Waals surface area (Å²) in [5, 5.41) is 0. The first-order valence-corrected chi connectivity index (χ1v) is 25.8. The number of ether oxygens (including phenoxy) is 4.